The molecule has 0 unspecified atom stereocenters. The van der Waals surface area contributed by atoms with Crippen LogP contribution in [0.2, 0.25) is 0 Å². The summed E-state index contributed by atoms with van der Waals surface area (Å²) in [5, 5.41) is 1.90. The molecule has 1 aromatic rings. The van der Waals surface area contributed by atoms with Crippen LogP contribution >= 0.6 is 11.3 Å². The average molecular weight is 227 g/mol. The van der Waals surface area contributed by atoms with Gasteiger partial charge in [-0.1, -0.05) is 0 Å². The first kappa shape index (κ1) is 10.6. The van der Waals surface area contributed by atoms with Crippen molar-refractivity contribution in [1.82, 2.24) is 0 Å². The maximum absolute atomic E-state index is 11.5. The van der Waals surface area contributed by atoms with Crippen molar-refractivity contribution in [3.05, 3.63) is 21.9 Å². The van der Waals surface area contributed by atoms with E-state index in [4.69, 9.17) is 15.5 Å². The fourth-order valence-electron chi connectivity index (χ4n) is 1.78. The fourth-order valence-corrected chi connectivity index (χ4v) is 2.71. The zero-order valence-corrected chi connectivity index (χ0v) is 9.30. The van der Waals surface area contributed by atoms with Crippen molar-refractivity contribution < 1.29 is 14.4 Å². The van der Waals surface area contributed by atoms with Crippen molar-refractivity contribution in [3.8, 4) is 0 Å². The predicted octanol–water partition coefficient (Wildman–Crippen LogP) is 1.46. The van der Waals surface area contributed by atoms with E-state index in [1.165, 1.54) is 18.4 Å². The molecule has 2 N–H and O–H groups in total. The number of rotatable bonds is 4. The molecule has 1 saturated carbocycles. The van der Waals surface area contributed by atoms with Gasteiger partial charge in [-0.3, -0.25) is 0 Å². The van der Waals surface area contributed by atoms with Crippen LogP contribution in [0.4, 0.5) is 0 Å². The van der Waals surface area contributed by atoms with E-state index in [9.17, 15) is 4.79 Å². The minimum absolute atomic E-state index is 0.0434. The van der Waals surface area contributed by atoms with E-state index in [1.54, 1.807) is 0 Å². The molecule has 0 spiro atoms. The molecule has 1 aliphatic carbocycles. The summed E-state index contributed by atoms with van der Waals surface area (Å²) >= 11 is 1.40. The van der Waals surface area contributed by atoms with Crippen LogP contribution < -0.4 is 5.90 Å². The molecule has 1 heterocycles. The minimum atomic E-state index is -0.275. The van der Waals surface area contributed by atoms with Crippen molar-refractivity contribution in [2.45, 2.75) is 18.3 Å². The van der Waals surface area contributed by atoms with Gasteiger partial charge >= 0.3 is 5.97 Å². The fraction of sp³-hybridized carbons (Fsp3) is 0.500. The van der Waals surface area contributed by atoms with Gasteiger partial charge in [0, 0.05) is 5.41 Å². The van der Waals surface area contributed by atoms with Crippen LogP contribution in [0.1, 0.15) is 28.1 Å². The first-order valence-electron chi connectivity index (χ1n) is 4.71. The molecule has 5 heteroatoms. The van der Waals surface area contributed by atoms with Crippen LogP contribution in [0.25, 0.3) is 0 Å². The van der Waals surface area contributed by atoms with Crippen molar-refractivity contribution in [2.75, 3.05) is 13.7 Å². The maximum atomic E-state index is 11.5. The van der Waals surface area contributed by atoms with Gasteiger partial charge in [-0.25, -0.2) is 10.7 Å². The smallest absolute Gasteiger partial charge is 0.348 e. The van der Waals surface area contributed by atoms with Crippen LogP contribution in [-0.4, -0.2) is 19.7 Å². The first-order valence-corrected chi connectivity index (χ1v) is 5.59. The van der Waals surface area contributed by atoms with Crippen LogP contribution in [-0.2, 0) is 15.0 Å². The van der Waals surface area contributed by atoms with Crippen molar-refractivity contribution >= 4 is 17.3 Å². The van der Waals surface area contributed by atoms with E-state index in [1.807, 2.05) is 11.4 Å². The summed E-state index contributed by atoms with van der Waals surface area (Å²) in [4.78, 5) is 16.9. The molecule has 82 valence electrons. The molecule has 0 aliphatic heterocycles. The third kappa shape index (κ3) is 1.78. The molecular formula is C10H13NO3S. The Balaban J connectivity index is 2.29. The van der Waals surface area contributed by atoms with Crippen LogP contribution in [0.3, 0.4) is 0 Å². The predicted molar refractivity (Wildman–Crippen MR) is 56.7 cm³/mol. The van der Waals surface area contributed by atoms with Gasteiger partial charge < -0.3 is 9.57 Å². The maximum Gasteiger partial charge on any atom is 0.348 e. The molecule has 2 rings (SSSR count). The Hall–Kier alpha value is -0.910. The molecule has 15 heavy (non-hydrogen) atoms. The Morgan fingerprint density at radius 3 is 2.93 bits per heavy atom. The summed E-state index contributed by atoms with van der Waals surface area (Å²) < 4.78 is 4.74. The zero-order valence-electron chi connectivity index (χ0n) is 8.49. The lowest BCUT2D eigenvalue weighted by Gasteiger charge is -2.13. The molecule has 1 aliphatic rings. The van der Waals surface area contributed by atoms with E-state index in [0.717, 1.165) is 18.4 Å². The van der Waals surface area contributed by atoms with Gasteiger partial charge in [-0.05, 0) is 29.9 Å². The van der Waals surface area contributed by atoms with Crippen LogP contribution in [0, 0.1) is 0 Å². The van der Waals surface area contributed by atoms with Gasteiger partial charge in [0.1, 0.15) is 4.88 Å². The van der Waals surface area contributed by atoms with Gasteiger partial charge in [-0.15, -0.1) is 11.3 Å². The van der Waals surface area contributed by atoms with Crippen LogP contribution in [0.15, 0.2) is 11.4 Å². The molecule has 4 nitrogen and oxygen atoms in total. The van der Waals surface area contributed by atoms with E-state index in [2.05, 4.69) is 0 Å². The Morgan fingerprint density at radius 2 is 2.40 bits per heavy atom. The summed E-state index contributed by atoms with van der Waals surface area (Å²) in [5.41, 5.74) is 0.975. The number of carbonyl (C=O) groups is 1. The topological polar surface area (TPSA) is 61.5 Å². The Labute approximate surface area is 91.9 Å². The van der Waals surface area contributed by atoms with E-state index >= 15 is 0 Å². The van der Waals surface area contributed by atoms with E-state index in [0.29, 0.717) is 11.5 Å². The number of methoxy groups -OCH3 is 1. The van der Waals surface area contributed by atoms with Crippen molar-refractivity contribution in [2.24, 2.45) is 5.90 Å². The quantitative estimate of drug-likeness (QED) is 0.625. The summed E-state index contributed by atoms with van der Waals surface area (Å²) in [7, 11) is 1.39. The zero-order chi connectivity index (χ0) is 10.9. The first-order chi connectivity index (χ1) is 7.23. The Kier molecular flexibility index (Phi) is 2.77. The number of ether oxygens (including phenoxy) is 1. The second kappa shape index (κ2) is 3.92. The van der Waals surface area contributed by atoms with Gasteiger partial charge in [0.15, 0.2) is 0 Å². The third-order valence-electron chi connectivity index (χ3n) is 2.82. The highest BCUT2D eigenvalue weighted by molar-refractivity contribution is 7.12. The number of hydrogen-bond donors (Lipinski definition) is 1. The highest BCUT2D eigenvalue weighted by Crippen LogP contribution is 2.50. The summed E-state index contributed by atoms with van der Waals surface area (Å²) in [6.07, 6.45) is 2.04. The molecule has 0 atom stereocenters. The number of esters is 1. The van der Waals surface area contributed by atoms with Crippen LogP contribution in [0.5, 0.6) is 0 Å². The van der Waals surface area contributed by atoms with Crippen molar-refractivity contribution in [1.29, 1.82) is 0 Å². The monoisotopic (exact) mass is 227 g/mol. The molecule has 0 saturated heterocycles. The molecule has 0 amide bonds. The number of carbonyl (C=O) groups excluding carboxylic acids is 1. The second-order valence-electron chi connectivity index (χ2n) is 3.75. The SMILES string of the molecule is COC(=O)c1sccc1C1(CON)CC1. The molecule has 1 fully saturated rings. The average Bonchev–Trinajstić information content (AvgIpc) is 2.85. The molecule has 0 radical (unpaired) electrons. The third-order valence-corrected chi connectivity index (χ3v) is 3.71. The number of nitrogens with two attached hydrogens (primary N) is 1. The number of hydrogen-bond acceptors (Lipinski definition) is 5. The molecular weight excluding hydrogens is 214 g/mol. The number of thiophene rings is 1. The minimum Gasteiger partial charge on any atom is -0.465 e. The second-order valence-corrected chi connectivity index (χ2v) is 4.66. The largest absolute Gasteiger partial charge is 0.465 e. The van der Waals surface area contributed by atoms with E-state index < -0.39 is 0 Å². The van der Waals surface area contributed by atoms with Gasteiger partial charge in [0.05, 0.1) is 13.7 Å². The lowest BCUT2D eigenvalue weighted by Crippen LogP contribution is -2.20. The Morgan fingerprint density at radius 1 is 1.67 bits per heavy atom. The highest BCUT2D eigenvalue weighted by Gasteiger charge is 2.47. The Bertz CT molecular complexity index is 370. The standard InChI is InChI=1S/C10H13NO3S/c1-13-9(12)8-7(2-5-15-8)10(3-4-10)6-14-11/h2,5H,3-4,6,11H2,1H3. The normalized spacial score (nSPS) is 17.5. The summed E-state index contributed by atoms with van der Waals surface area (Å²) in [6.45, 7) is 0.466. The molecule has 1 aromatic heterocycles. The van der Waals surface area contributed by atoms with E-state index in [-0.39, 0.29) is 11.4 Å². The highest BCUT2D eigenvalue weighted by atomic mass is 32.1. The van der Waals surface area contributed by atoms with Gasteiger partial charge in [0.2, 0.25) is 0 Å². The summed E-state index contributed by atoms with van der Waals surface area (Å²) in [5.74, 6) is 4.83. The lowest BCUT2D eigenvalue weighted by molar-refractivity contribution is 0.0602. The van der Waals surface area contributed by atoms with Gasteiger partial charge in [-0.2, -0.15) is 0 Å². The molecule has 0 aromatic carbocycles. The lowest BCUT2D eigenvalue weighted by atomic mass is 9.98. The molecule has 0 bridgehead atoms. The van der Waals surface area contributed by atoms with Gasteiger partial charge in [0.25, 0.3) is 0 Å². The summed E-state index contributed by atoms with van der Waals surface area (Å²) in [6, 6.07) is 1.96. The van der Waals surface area contributed by atoms with Crippen molar-refractivity contribution in [3.63, 3.8) is 0 Å².